The van der Waals surface area contributed by atoms with Crippen molar-refractivity contribution >= 4 is 11.7 Å². The molecular formula is C19H27NO2. The van der Waals surface area contributed by atoms with Crippen LogP contribution in [0.3, 0.4) is 0 Å². The van der Waals surface area contributed by atoms with Gasteiger partial charge in [-0.3, -0.25) is 9.59 Å². The fraction of sp³-hybridized carbons (Fsp3) is 0.789. The van der Waals surface area contributed by atoms with Gasteiger partial charge < -0.3 is 4.90 Å². The van der Waals surface area contributed by atoms with Gasteiger partial charge in [-0.1, -0.05) is 19.9 Å². The van der Waals surface area contributed by atoms with E-state index in [4.69, 9.17) is 0 Å². The van der Waals surface area contributed by atoms with Crippen LogP contribution < -0.4 is 0 Å². The molecule has 4 aliphatic rings. The Labute approximate surface area is 133 Å². The molecule has 3 aliphatic carbocycles. The highest BCUT2D eigenvalue weighted by molar-refractivity contribution is 5.97. The second kappa shape index (κ2) is 4.46. The third-order valence-corrected chi connectivity index (χ3v) is 7.83. The molecule has 0 aromatic carbocycles. The first-order chi connectivity index (χ1) is 10.4. The van der Waals surface area contributed by atoms with Gasteiger partial charge >= 0.3 is 0 Å². The third kappa shape index (κ3) is 1.63. The van der Waals surface area contributed by atoms with Crippen LogP contribution in [0.15, 0.2) is 12.2 Å². The van der Waals surface area contributed by atoms with Crippen LogP contribution in [-0.4, -0.2) is 29.7 Å². The zero-order valence-corrected chi connectivity index (χ0v) is 14.0. The number of fused-ring (bicyclic) bond motifs is 5. The molecule has 0 aromatic rings. The molecule has 1 amide bonds. The van der Waals surface area contributed by atoms with E-state index in [1.54, 1.807) is 0 Å². The molecular weight excluding hydrogens is 274 g/mol. The number of amides is 1. The molecule has 0 aromatic heterocycles. The van der Waals surface area contributed by atoms with Crippen molar-refractivity contribution in [1.29, 1.82) is 0 Å². The van der Waals surface area contributed by atoms with Crippen LogP contribution in [0.1, 0.15) is 52.4 Å². The van der Waals surface area contributed by atoms with Crippen molar-refractivity contribution in [2.75, 3.05) is 7.05 Å². The summed E-state index contributed by atoms with van der Waals surface area (Å²) in [6, 6.07) is 0.403. The summed E-state index contributed by atoms with van der Waals surface area (Å²) in [5.41, 5.74) is 0.104. The smallest absolute Gasteiger partial charge is 0.222 e. The van der Waals surface area contributed by atoms with E-state index in [1.807, 2.05) is 18.0 Å². The van der Waals surface area contributed by atoms with Gasteiger partial charge in [-0.25, -0.2) is 0 Å². The number of nitrogens with zero attached hydrogens (tertiary/aromatic N) is 1. The fourth-order valence-electron chi connectivity index (χ4n) is 6.42. The van der Waals surface area contributed by atoms with Crippen molar-refractivity contribution < 1.29 is 9.59 Å². The predicted molar refractivity (Wildman–Crippen MR) is 85.1 cm³/mol. The molecule has 5 unspecified atom stereocenters. The highest BCUT2D eigenvalue weighted by Crippen LogP contribution is 2.62. The average molecular weight is 301 g/mol. The minimum atomic E-state index is -0.138. The van der Waals surface area contributed by atoms with Crippen molar-refractivity contribution in [3.63, 3.8) is 0 Å². The van der Waals surface area contributed by atoms with Crippen molar-refractivity contribution in [3.05, 3.63) is 12.2 Å². The summed E-state index contributed by atoms with van der Waals surface area (Å²) in [4.78, 5) is 26.5. The van der Waals surface area contributed by atoms with E-state index in [-0.39, 0.29) is 10.8 Å². The van der Waals surface area contributed by atoms with E-state index >= 15 is 0 Å². The van der Waals surface area contributed by atoms with Gasteiger partial charge in [0.1, 0.15) is 0 Å². The van der Waals surface area contributed by atoms with Gasteiger partial charge in [0.15, 0.2) is 5.78 Å². The maximum absolute atomic E-state index is 12.3. The molecule has 0 bridgehead atoms. The molecule has 4 rings (SSSR count). The number of likely N-dealkylation sites (tertiary alicyclic amines) is 1. The summed E-state index contributed by atoms with van der Waals surface area (Å²) < 4.78 is 0. The minimum absolute atomic E-state index is 0.138. The number of allylic oxidation sites excluding steroid dienone is 2. The van der Waals surface area contributed by atoms with Gasteiger partial charge in [-0.2, -0.15) is 0 Å². The Morgan fingerprint density at radius 1 is 1.14 bits per heavy atom. The maximum Gasteiger partial charge on any atom is 0.222 e. The summed E-state index contributed by atoms with van der Waals surface area (Å²) in [6.07, 6.45) is 10.2. The number of hydrogen-bond acceptors (Lipinski definition) is 2. The van der Waals surface area contributed by atoms with E-state index in [9.17, 15) is 9.59 Å². The van der Waals surface area contributed by atoms with Gasteiger partial charge in [0.25, 0.3) is 0 Å². The molecule has 1 aliphatic heterocycles. The molecule has 22 heavy (non-hydrogen) atoms. The van der Waals surface area contributed by atoms with Gasteiger partial charge in [-0.15, -0.1) is 0 Å². The zero-order chi connectivity index (χ0) is 15.7. The van der Waals surface area contributed by atoms with E-state index < -0.39 is 0 Å². The third-order valence-electron chi connectivity index (χ3n) is 7.83. The number of carbonyl (C=O) groups is 2. The van der Waals surface area contributed by atoms with Gasteiger partial charge in [-0.05, 0) is 61.3 Å². The van der Waals surface area contributed by atoms with E-state index in [0.717, 1.165) is 25.7 Å². The molecule has 3 heteroatoms. The molecule has 1 saturated heterocycles. The number of rotatable bonds is 0. The Balaban J connectivity index is 1.68. The lowest BCUT2D eigenvalue weighted by molar-refractivity contribution is -0.157. The first kappa shape index (κ1) is 14.5. The van der Waals surface area contributed by atoms with E-state index in [1.165, 1.54) is 6.42 Å². The van der Waals surface area contributed by atoms with E-state index in [2.05, 4.69) is 19.9 Å². The first-order valence-electron chi connectivity index (χ1n) is 8.86. The summed E-state index contributed by atoms with van der Waals surface area (Å²) >= 11 is 0. The summed E-state index contributed by atoms with van der Waals surface area (Å²) in [7, 11) is 2.00. The van der Waals surface area contributed by atoms with Crippen LogP contribution in [0.4, 0.5) is 0 Å². The molecule has 0 N–H and O–H groups in total. The van der Waals surface area contributed by atoms with Crippen molar-refractivity contribution in [3.8, 4) is 0 Å². The lowest BCUT2D eigenvalue weighted by Crippen LogP contribution is -2.61. The van der Waals surface area contributed by atoms with Gasteiger partial charge in [0.2, 0.25) is 5.91 Å². The van der Waals surface area contributed by atoms with Crippen LogP contribution in [0.25, 0.3) is 0 Å². The standard InChI is InChI=1S/C19H27NO2/c1-18-11-9-17(22)20(3)15(18)6-4-12-13-5-7-16(21)19(13,2)10-8-14(12)18/h5,7,12-15H,4,6,8-11H2,1-3H3/t12?,13?,14?,15?,18?,19-/m0/s1. The van der Waals surface area contributed by atoms with Crippen LogP contribution in [-0.2, 0) is 9.59 Å². The average Bonchev–Trinajstić information content (AvgIpc) is 2.79. The topological polar surface area (TPSA) is 37.4 Å². The summed E-state index contributed by atoms with van der Waals surface area (Å²) in [5.74, 6) is 2.39. The maximum atomic E-state index is 12.3. The summed E-state index contributed by atoms with van der Waals surface area (Å²) in [6.45, 7) is 4.60. The number of hydrogen-bond donors (Lipinski definition) is 0. The van der Waals surface area contributed by atoms with Crippen LogP contribution in [0, 0.1) is 28.6 Å². The largest absolute Gasteiger partial charge is 0.342 e. The van der Waals surface area contributed by atoms with Crippen molar-refractivity contribution in [1.82, 2.24) is 4.90 Å². The molecule has 1 heterocycles. The highest BCUT2D eigenvalue weighted by atomic mass is 16.2. The lowest BCUT2D eigenvalue weighted by Gasteiger charge is -2.60. The van der Waals surface area contributed by atoms with Gasteiger partial charge in [0, 0.05) is 24.9 Å². The molecule has 0 spiro atoms. The Morgan fingerprint density at radius 2 is 1.91 bits per heavy atom. The molecule has 0 radical (unpaired) electrons. The number of carbonyl (C=O) groups excluding carboxylic acids is 2. The Hall–Kier alpha value is -1.12. The van der Waals surface area contributed by atoms with Crippen molar-refractivity contribution in [2.45, 2.75) is 58.4 Å². The zero-order valence-electron chi connectivity index (χ0n) is 14.0. The number of ketones is 1. The van der Waals surface area contributed by atoms with Gasteiger partial charge in [0.05, 0.1) is 0 Å². The second-order valence-corrected chi connectivity index (χ2v) is 8.58. The SMILES string of the molecule is CN1C(=O)CCC2(C)C3CC[C@]4(C)C(=O)C=CC4C3CCC12. The minimum Gasteiger partial charge on any atom is -0.342 e. The Bertz CT molecular complexity index is 568. The van der Waals surface area contributed by atoms with E-state index in [0.29, 0.717) is 41.9 Å². The Kier molecular flexibility index (Phi) is 2.93. The van der Waals surface area contributed by atoms with Crippen LogP contribution in [0.2, 0.25) is 0 Å². The van der Waals surface area contributed by atoms with Crippen LogP contribution in [0.5, 0.6) is 0 Å². The second-order valence-electron chi connectivity index (χ2n) is 8.58. The monoisotopic (exact) mass is 301 g/mol. The number of piperidine rings is 1. The lowest BCUT2D eigenvalue weighted by atomic mass is 9.47. The fourth-order valence-corrected chi connectivity index (χ4v) is 6.42. The van der Waals surface area contributed by atoms with Crippen LogP contribution >= 0.6 is 0 Å². The molecule has 3 fully saturated rings. The normalized spacial score (nSPS) is 50.6. The molecule has 6 atom stereocenters. The first-order valence-corrected chi connectivity index (χ1v) is 8.86. The quantitative estimate of drug-likeness (QED) is 0.689. The highest BCUT2D eigenvalue weighted by Gasteiger charge is 2.60. The molecule has 2 saturated carbocycles. The molecule has 3 nitrogen and oxygen atoms in total. The summed E-state index contributed by atoms with van der Waals surface area (Å²) in [5, 5.41) is 0. The Morgan fingerprint density at radius 3 is 2.68 bits per heavy atom. The predicted octanol–water partition coefficient (Wildman–Crippen LogP) is 3.19. The molecule has 120 valence electrons. The van der Waals surface area contributed by atoms with Crippen molar-refractivity contribution in [2.24, 2.45) is 28.6 Å².